The Morgan fingerprint density at radius 3 is 2.62 bits per heavy atom. The molecule has 0 aromatic carbocycles. The zero-order valence-corrected chi connectivity index (χ0v) is 8.65. The second-order valence-corrected chi connectivity index (χ2v) is 5.00. The van der Waals surface area contributed by atoms with Crippen molar-refractivity contribution in [1.82, 2.24) is 0 Å². The Morgan fingerprint density at radius 2 is 2.15 bits per heavy atom. The van der Waals surface area contributed by atoms with Gasteiger partial charge in [0.1, 0.15) is 5.78 Å². The molecule has 2 fully saturated rings. The monoisotopic (exact) mass is 178 g/mol. The summed E-state index contributed by atoms with van der Waals surface area (Å²) in [5.41, 5.74) is 1.37. The van der Waals surface area contributed by atoms with E-state index in [0.29, 0.717) is 5.78 Å². The standard InChI is InChI=1S/C12H18O/c1-9(2)11(3)8-12(11)7-5-4-6-10(12)13/h1,4-8H2,2-3H3. The van der Waals surface area contributed by atoms with Crippen molar-refractivity contribution in [3.05, 3.63) is 12.2 Å². The summed E-state index contributed by atoms with van der Waals surface area (Å²) in [6, 6.07) is 0. The zero-order valence-electron chi connectivity index (χ0n) is 8.65. The van der Waals surface area contributed by atoms with E-state index in [1.807, 2.05) is 0 Å². The van der Waals surface area contributed by atoms with E-state index in [1.54, 1.807) is 0 Å². The van der Waals surface area contributed by atoms with Gasteiger partial charge in [0.2, 0.25) is 0 Å². The third-order valence-electron chi connectivity index (χ3n) is 4.32. The topological polar surface area (TPSA) is 17.1 Å². The number of hydrogen-bond donors (Lipinski definition) is 0. The van der Waals surface area contributed by atoms with Gasteiger partial charge in [0.25, 0.3) is 0 Å². The van der Waals surface area contributed by atoms with Crippen molar-refractivity contribution in [3.63, 3.8) is 0 Å². The van der Waals surface area contributed by atoms with E-state index in [0.717, 1.165) is 25.7 Å². The molecule has 2 atom stereocenters. The Morgan fingerprint density at radius 1 is 1.46 bits per heavy atom. The second kappa shape index (κ2) is 2.46. The summed E-state index contributed by atoms with van der Waals surface area (Å²) in [6.45, 7) is 8.29. The number of allylic oxidation sites excluding steroid dienone is 1. The van der Waals surface area contributed by atoms with Crippen molar-refractivity contribution in [1.29, 1.82) is 0 Å². The van der Waals surface area contributed by atoms with Crippen LogP contribution in [0.5, 0.6) is 0 Å². The van der Waals surface area contributed by atoms with Gasteiger partial charge in [-0.1, -0.05) is 25.5 Å². The average Bonchev–Trinajstić information content (AvgIpc) is 2.67. The molecule has 2 unspecified atom stereocenters. The van der Waals surface area contributed by atoms with E-state index in [-0.39, 0.29) is 10.8 Å². The quantitative estimate of drug-likeness (QED) is 0.564. The fourth-order valence-electron chi connectivity index (χ4n) is 2.98. The normalized spacial score (nSPS) is 43.7. The van der Waals surface area contributed by atoms with Crippen LogP contribution in [0, 0.1) is 10.8 Å². The minimum atomic E-state index is 0.0249. The lowest BCUT2D eigenvalue weighted by Crippen LogP contribution is -2.26. The smallest absolute Gasteiger partial charge is 0.139 e. The van der Waals surface area contributed by atoms with Crippen LogP contribution in [0.4, 0.5) is 0 Å². The third-order valence-corrected chi connectivity index (χ3v) is 4.32. The van der Waals surface area contributed by atoms with Gasteiger partial charge in [-0.2, -0.15) is 0 Å². The maximum absolute atomic E-state index is 11.9. The van der Waals surface area contributed by atoms with Crippen LogP contribution in [0.3, 0.4) is 0 Å². The van der Waals surface area contributed by atoms with Crippen molar-refractivity contribution in [3.8, 4) is 0 Å². The van der Waals surface area contributed by atoms with Crippen LogP contribution in [-0.4, -0.2) is 5.78 Å². The molecular weight excluding hydrogens is 160 g/mol. The molecule has 0 heterocycles. The van der Waals surface area contributed by atoms with E-state index in [4.69, 9.17) is 0 Å². The first-order chi connectivity index (χ1) is 6.03. The fraction of sp³-hybridized carbons (Fsp3) is 0.750. The molecule has 1 nitrogen and oxygen atoms in total. The Kier molecular flexibility index (Phi) is 1.70. The highest BCUT2D eigenvalue weighted by atomic mass is 16.1. The van der Waals surface area contributed by atoms with Gasteiger partial charge in [-0.15, -0.1) is 0 Å². The molecule has 13 heavy (non-hydrogen) atoms. The van der Waals surface area contributed by atoms with Crippen LogP contribution in [-0.2, 0) is 4.79 Å². The van der Waals surface area contributed by atoms with Gasteiger partial charge in [-0.25, -0.2) is 0 Å². The first-order valence-electron chi connectivity index (χ1n) is 5.22. The Hall–Kier alpha value is -0.590. The zero-order chi connectivity index (χ0) is 9.69. The summed E-state index contributed by atoms with van der Waals surface area (Å²) < 4.78 is 0. The molecule has 1 spiro atoms. The van der Waals surface area contributed by atoms with Crippen molar-refractivity contribution in [2.75, 3.05) is 0 Å². The maximum Gasteiger partial charge on any atom is 0.139 e. The largest absolute Gasteiger partial charge is 0.299 e. The van der Waals surface area contributed by atoms with Gasteiger partial charge in [-0.05, 0) is 26.2 Å². The number of carbonyl (C=O) groups is 1. The summed E-state index contributed by atoms with van der Waals surface area (Å²) in [5.74, 6) is 0.504. The molecule has 0 amide bonds. The van der Waals surface area contributed by atoms with Crippen LogP contribution >= 0.6 is 0 Å². The van der Waals surface area contributed by atoms with Crippen molar-refractivity contribution >= 4 is 5.78 Å². The Bertz CT molecular complexity index is 279. The molecular formula is C12H18O. The lowest BCUT2D eigenvalue weighted by atomic mass is 9.77. The SMILES string of the molecule is C=C(C)C1(C)CC12CCCCC2=O. The first kappa shape index (κ1) is 8.98. The molecule has 0 radical (unpaired) electrons. The van der Waals surface area contributed by atoms with Gasteiger partial charge >= 0.3 is 0 Å². The Labute approximate surface area is 80.2 Å². The molecule has 2 rings (SSSR count). The summed E-state index contributed by atoms with van der Waals surface area (Å²) in [4.78, 5) is 11.9. The molecule has 2 aliphatic rings. The summed E-state index contributed by atoms with van der Waals surface area (Å²) in [7, 11) is 0. The van der Waals surface area contributed by atoms with E-state index >= 15 is 0 Å². The Balaban J connectivity index is 2.25. The van der Waals surface area contributed by atoms with E-state index < -0.39 is 0 Å². The van der Waals surface area contributed by atoms with Gasteiger partial charge in [-0.3, -0.25) is 4.79 Å². The van der Waals surface area contributed by atoms with Crippen LogP contribution in [0.15, 0.2) is 12.2 Å². The molecule has 0 aromatic heterocycles. The molecule has 2 aliphatic carbocycles. The highest BCUT2D eigenvalue weighted by Crippen LogP contribution is 2.71. The average molecular weight is 178 g/mol. The number of rotatable bonds is 1. The van der Waals surface area contributed by atoms with Crippen LogP contribution in [0.25, 0.3) is 0 Å². The van der Waals surface area contributed by atoms with Crippen molar-refractivity contribution < 1.29 is 4.79 Å². The molecule has 72 valence electrons. The number of carbonyl (C=O) groups excluding carboxylic acids is 1. The van der Waals surface area contributed by atoms with E-state index in [9.17, 15) is 4.79 Å². The molecule has 0 bridgehead atoms. The van der Waals surface area contributed by atoms with Gasteiger partial charge in [0.15, 0.2) is 0 Å². The predicted octanol–water partition coefficient (Wildman–Crippen LogP) is 3.10. The molecule has 0 aromatic rings. The molecule has 1 heteroatoms. The summed E-state index contributed by atoms with van der Waals surface area (Å²) in [6.07, 6.45) is 5.31. The third kappa shape index (κ3) is 0.962. The second-order valence-electron chi connectivity index (χ2n) is 5.00. The van der Waals surface area contributed by atoms with Crippen molar-refractivity contribution in [2.24, 2.45) is 10.8 Å². The first-order valence-corrected chi connectivity index (χ1v) is 5.22. The number of hydrogen-bond acceptors (Lipinski definition) is 1. The highest BCUT2D eigenvalue weighted by molar-refractivity contribution is 5.90. The van der Waals surface area contributed by atoms with Gasteiger partial charge < -0.3 is 0 Å². The minimum absolute atomic E-state index is 0.0249. The molecule has 0 N–H and O–H groups in total. The summed E-state index contributed by atoms with van der Waals surface area (Å²) in [5, 5.41) is 0. The van der Waals surface area contributed by atoms with Crippen LogP contribution in [0.2, 0.25) is 0 Å². The molecule has 0 saturated heterocycles. The molecule has 0 aliphatic heterocycles. The van der Waals surface area contributed by atoms with E-state index in [2.05, 4.69) is 20.4 Å². The lowest BCUT2D eigenvalue weighted by molar-refractivity contribution is -0.127. The number of ketones is 1. The van der Waals surface area contributed by atoms with Crippen LogP contribution < -0.4 is 0 Å². The fourth-order valence-corrected chi connectivity index (χ4v) is 2.98. The predicted molar refractivity (Wildman–Crippen MR) is 53.4 cm³/mol. The summed E-state index contributed by atoms with van der Waals surface area (Å²) >= 11 is 0. The van der Waals surface area contributed by atoms with Crippen LogP contribution in [0.1, 0.15) is 46.0 Å². The highest BCUT2D eigenvalue weighted by Gasteiger charge is 2.68. The lowest BCUT2D eigenvalue weighted by Gasteiger charge is -2.25. The number of Topliss-reactive ketones (excluding diaryl/α,β-unsaturated/α-hetero) is 1. The van der Waals surface area contributed by atoms with E-state index in [1.165, 1.54) is 12.0 Å². The van der Waals surface area contributed by atoms with Gasteiger partial charge in [0.05, 0.1) is 0 Å². The van der Waals surface area contributed by atoms with Crippen molar-refractivity contribution in [2.45, 2.75) is 46.0 Å². The maximum atomic E-state index is 11.9. The van der Waals surface area contributed by atoms with Gasteiger partial charge in [0, 0.05) is 17.3 Å². The molecule has 2 saturated carbocycles. The minimum Gasteiger partial charge on any atom is -0.299 e.